The zero-order valence-corrected chi connectivity index (χ0v) is 25.3. The number of anilines is 1. The van der Waals surface area contributed by atoms with E-state index in [0.29, 0.717) is 32.5 Å². The largest absolute Gasteiger partial charge is 0.478 e. The molecule has 6 nitrogen and oxygen atoms in total. The maximum atomic E-state index is 13.6. The van der Waals surface area contributed by atoms with E-state index in [1.807, 2.05) is 49.4 Å². The zero-order valence-electron chi connectivity index (χ0n) is 23.8. The fraction of sp³-hybridized carbons (Fsp3) is 0.312. The summed E-state index contributed by atoms with van der Waals surface area (Å²) < 4.78 is 6.46. The lowest BCUT2D eigenvalue weighted by atomic mass is 9.58. The predicted octanol–water partition coefficient (Wildman–Crippen LogP) is 5.56. The van der Waals surface area contributed by atoms with E-state index in [2.05, 4.69) is 17.2 Å². The first-order valence-corrected chi connectivity index (χ1v) is 14.1. The third-order valence-corrected chi connectivity index (χ3v) is 8.63. The third kappa shape index (κ3) is 4.89. The summed E-state index contributed by atoms with van der Waals surface area (Å²) >= 11 is 12.9. The van der Waals surface area contributed by atoms with Crippen molar-refractivity contribution >= 4 is 54.0 Å². The van der Waals surface area contributed by atoms with Gasteiger partial charge in [-0.1, -0.05) is 59.5 Å². The van der Waals surface area contributed by atoms with Crippen molar-refractivity contribution in [1.82, 2.24) is 10.2 Å². The number of piperidine rings is 1. The molecule has 2 heterocycles. The number of ether oxygens (including phenoxy) is 1. The van der Waals surface area contributed by atoms with E-state index >= 15 is 0 Å². The zero-order chi connectivity index (χ0) is 29.9. The summed E-state index contributed by atoms with van der Waals surface area (Å²) in [6.45, 7) is 9.96. The number of amides is 2. The lowest BCUT2D eigenvalue weighted by Crippen LogP contribution is -2.54. The molecule has 0 aromatic heterocycles. The third-order valence-electron chi connectivity index (χ3n) is 8.16. The van der Waals surface area contributed by atoms with Gasteiger partial charge in [0.1, 0.15) is 13.6 Å². The van der Waals surface area contributed by atoms with Gasteiger partial charge in [0.25, 0.3) is 5.91 Å². The Balaban J connectivity index is 1.80. The van der Waals surface area contributed by atoms with Crippen LogP contribution in [0.2, 0.25) is 10.0 Å². The summed E-state index contributed by atoms with van der Waals surface area (Å²) in [5.74, 6) is -0.353. The summed E-state index contributed by atoms with van der Waals surface area (Å²) in [4.78, 5) is 28.1. The molecule has 2 N–H and O–H groups in total. The van der Waals surface area contributed by atoms with Crippen molar-refractivity contribution in [2.75, 3.05) is 19.4 Å². The highest BCUT2D eigenvalue weighted by atomic mass is 35.5. The molecule has 1 fully saturated rings. The number of fused-ring (bicyclic) bond motifs is 2. The summed E-state index contributed by atoms with van der Waals surface area (Å²) in [7, 11) is 9.74. The van der Waals surface area contributed by atoms with Gasteiger partial charge >= 0.3 is 0 Å². The number of hydrogen-bond acceptors (Lipinski definition) is 4. The van der Waals surface area contributed by atoms with Gasteiger partial charge < -0.3 is 20.3 Å². The van der Waals surface area contributed by atoms with Crippen LogP contribution < -0.4 is 20.8 Å². The van der Waals surface area contributed by atoms with Gasteiger partial charge in [-0.05, 0) is 73.4 Å². The van der Waals surface area contributed by atoms with Gasteiger partial charge in [-0.25, -0.2) is 0 Å². The minimum Gasteiger partial charge on any atom is -0.478 e. The summed E-state index contributed by atoms with van der Waals surface area (Å²) in [6, 6.07) is 16.1. The number of likely N-dealkylation sites (N-methyl/N-ethyl adjacent to an activating group) is 1. The van der Waals surface area contributed by atoms with Crippen LogP contribution in [0, 0.1) is 6.92 Å². The van der Waals surface area contributed by atoms with E-state index in [1.54, 1.807) is 40.1 Å². The van der Waals surface area contributed by atoms with Crippen LogP contribution in [0.5, 0.6) is 5.75 Å². The number of nitrogens with one attached hydrogen (secondary N) is 2. The number of carbonyl (C=O) groups is 2. The van der Waals surface area contributed by atoms with E-state index < -0.39 is 23.0 Å². The first-order valence-electron chi connectivity index (χ1n) is 13.4. The molecule has 0 saturated carbocycles. The molecule has 3 aromatic carbocycles. The van der Waals surface area contributed by atoms with Crippen LogP contribution in [0.1, 0.15) is 54.5 Å². The molecule has 2 amide bonds. The van der Waals surface area contributed by atoms with Crippen molar-refractivity contribution in [3.63, 3.8) is 0 Å². The summed E-state index contributed by atoms with van der Waals surface area (Å²) in [5, 5.41) is 7.87. The van der Waals surface area contributed by atoms with Crippen molar-refractivity contribution < 1.29 is 14.3 Å². The van der Waals surface area contributed by atoms with Crippen molar-refractivity contribution in [2.45, 2.75) is 50.2 Å². The van der Waals surface area contributed by atoms with E-state index in [1.165, 1.54) is 4.90 Å². The Hall–Kier alpha value is -3.42. The van der Waals surface area contributed by atoms with E-state index in [0.717, 1.165) is 22.4 Å². The number of rotatable bonds is 5. The lowest BCUT2D eigenvalue weighted by Gasteiger charge is -2.49. The Morgan fingerprint density at radius 3 is 2.46 bits per heavy atom. The molecule has 2 aliphatic rings. The highest BCUT2D eigenvalue weighted by Crippen LogP contribution is 2.62. The molecular formula is C32H32BCl2N3O3. The molecule has 3 aromatic rings. The molecule has 5 rings (SSSR count). The van der Waals surface area contributed by atoms with Crippen LogP contribution in [0.4, 0.5) is 5.69 Å². The minimum absolute atomic E-state index is 0.126. The number of carbonyl (C=O) groups excluding carboxylic acids is 2. The fourth-order valence-corrected chi connectivity index (χ4v) is 6.76. The second-order valence-corrected chi connectivity index (χ2v) is 12.4. The van der Waals surface area contributed by atoms with Gasteiger partial charge in [0.2, 0.25) is 5.91 Å². The van der Waals surface area contributed by atoms with Gasteiger partial charge in [-0.3, -0.25) is 9.59 Å². The monoisotopic (exact) mass is 587 g/mol. The van der Waals surface area contributed by atoms with Gasteiger partial charge in [0, 0.05) is 47.9 Å². The van der Waals surface area contributed by atoms with E-state index in [9.17, 15) is 9.59 Å². The average Bonchev–Trinajstić information content (AvgIpc) is 3.18. The molecule has 0 bridgehead atoms. The smallest absolute Gasteiger partial charge is 0.265 e. The molecule has 9 heteroatoms. The Kier molecular flexibility index (Phi) is 7.41. The fourth-order valence-electron chi connectivity index (χ4n) is 6.41. The van der Waals surface area contributed by atoms with Crippen LogP contribution in [0.3, 0.4) is 0 Å². The molecule has 1 saturated heterocycles. The molecule has 2 aliphatic heterocycles. The van der Waals surface area contributed by atoms with Gasteiger partial charge in [0.05, 0.1) is 11.5 Å². The molecule has 3 atom stereocenters. The molecule has 1 spiro atoms. The number of nitrogens with zero attached hydrogens (tertiary/aromatic N) is 1. The second kappa shape index (κ2) is 10.4. The van der Waals surface area contributed by atoms with Gasteiger partial charge in [-0.15, -0.1) is 0 Å². The lowest BCUT2D eigenvalue weighted by molar-refractivity contribution is -0.142. The topological polar surface area (TPSA) is 70.7 Å². The van der Waals surface area contributed by atoms with Crippen LogP contribution >= 0.6 is 23.2 Å². The Bertz CT molecular complexity index is 1590. The first-order chi connectivity index (χ1) is 19.2. The number of halogens is 2. The molecule has 41 heavy (non-hydrogen) atoms. The van der Waals surface area contributed by atoms with E-state index in [4.69, 9.17) is 35.8 Å². The standard InChI is InChI=1S/C32H32BCl2N3O3/c1-17-7-9-20(34)14-22(17)29-32(18(2)36-26-15-21(35)10-11-24(26)32)25(16-28(39)37-29)23-13-19(33)8-12-27(23)41-31(3,4)30(40)38(5)6/h7-15,25,29,36H,2,16H2,1,3-6H3,(H,37,39)/t25-,29+,32+/m1/s1. The van der Waals surface area contributed by atoms with Crippen molar-refractivity contribution in [1.29, 1.82) is 0 Å². The Morgan fingerprint density at radius 1 is 1.07 bits per heavy atom. The van der Waals surface area contributed by atoms with Crippen LogP contribution in [-0.2, 0) is 15.0 Å². The molecule has 2 radical (unpaired) electrons. The van der Waals surface area contributed by atoms with Crippen LogP contribution in [-0.4, -0.2) is 44.3 Å². The molecule has 210 valence electrons. The van der Waals surface area contributed by atoms with Crippen LogP contribution in [0.15, 0.2) is 66.9 Å². The maximum absolute atomic E-state index is 13.6. The normalized spacial score (nSPS) is 21.7. The Labute approximate surface area is 252 Å². The maximum Gasteiger partial charge on any atom is 0.265 e. The van der Waals surface area contributed by atoms with Crippen molar-refractivity contribution in [3.05, 3.63) is 99.2 Å². The SMILES string of the molecule is [B]c1ccc(OC(C)(C)C(=O)N(C)C)c([C@H]2CC(=O)N[C@@H](c3cc(Cl)ccc3C)[C@]23C(=C)Nc2cc(Cl)ccc23)c1. The van der Waals surface area contributed by atoms with Crippen molar-refractivity contribution in [2.24, 2.45) is 0 Å². The molecular weight excluding hydrogens is 556 g/mol. The Morgan fingerprint density at radius 2 is 1.76 bits per heavy atom. The first kappa shape index (κ1) is 29.1. The van der Waals surface area contributed by atoms with E-state index in [-0.39, 0.29) is 18.2 Å². The van der Waals surface area contributed by atoms with Gasteiger partial charge in [0.15, 0.2) is 5.60 Å². The number of hydrogen-bond donors (Lipinski definition) is 2. The van der Waals surface area contributed by atoms with Gasteiger partial charge in [-0.2, -0.15) is 0 Å². The minimum atomic E-state index is -1.18. The molecule has 0 aliphatic carbocycles. The second-order valence-electron chi connectivity index (χ2n) is 11.5. The van der Waals surface area contributed by atoms with Crippen LogP contribution in [0.25, 0.3) is 0 Å². The predicted molar refractivity (Wildman–Crippen MR) is 166 cm³/mol. The summed E-state index contributed by atoms with van der Waals surface area (Å²) in [5.41, 5.74) is 3.42. The highest BCUT2D eigenvalue weighted by Gasteiger charge is 2.58. The quantitative estimate of drug-likeness (QED) is 0.383. The average molecular weight is 588 g/mol. The number of aryl methyl sites for hydroxylation is 1. The molecule has 0 unspecified atom stereocenters. The summed E-state index contributed by atoms with van der Waals surface area (Å²) in [6.07, 6.45) is 0.126. The van der Waals surface area contributed by atoms with Crippen molar-refractivity contribution in [3.8, 4) is 5.75 Å². The highest BCUT2D eigenvalue weighted by molar-refractivity contribution is 6.32. The number of benzene rings is 3.